The minimum absolute atomic E-state index is 0.262. The minimum Gasteiger partial charge on any atom is -0.454 e. The van der Waals surface area contributed by atoms with Crippen LogP contribution < -0.4 is 14.8 Å². The molecule has 3 heterocycles. The van der Waals surface area contributed by atoms with Crippen molar-refractivity contribution in [1.29, 1.82) is 0 Å². The Morgan fingerprint density at radius 2 is 2.22 bits per heavy atom. The van der Waals surface area contributed by atoms with E-state index in [9.17, 15) is 0 Å². The third-order valence-electron chi connectivity index (χ3n) is 4.37. The summed E-state index contributed by atoms with van der Waals surface area (Å²) < 4.78 is 16.1. The van der Waals surface area contributed by atoms with E-state index in [0.717, 1.165) is 30.2 Å². The second-order valence-electron chi connectivity index (χ2n) is 5.94. The summed E-state index contributed by atoms with van der Waals surface area (Å²) in [6.07, 6.45) is 2.41. The average Bonchev–Trinajstić information content (AvgIpc) is 3.23. The SMILES string of the molecule is CNC1CCCN(Cc2nc(-c3ccc4c(c3)OCO4)no2)C1. The second-order valence-corrected chi connectivity index (χ2v) is 5.94. The van der Waals surface area contributed by atoms with Crippen molar-refractivity contribution in [1.82, 2.24) is 20.4 Å². The number of ether oxygens (including phenoxy) is 2. The fraction of sp³-hybridized carbons (Fsp3) is 0.500. The standard InChI is InChI=1S/C16H20N4O3/c1-17-12-3-2-6-20(8-12)9-15-18-16(19-23-15)11-4-5-13-14(7-11)22-10-21-13/h4-5,7,12,17H,2-3,6,8-10H2,1H3. The summed E-state index contributed by atoms with van der Waals surface area (Å²) in [5.41, 5.74) is 0.871. The number of hydrogen-bond donors (Lipinski definition) is 1. The van der Waals surface area contributed by atoms with Crippen molar-refractivity contribution in [3.8, 4) is 22.9 Å². The number of likely N-dealkylation sites (tertiary alicyclic amines) is 1. The molecule has 0 amide bonds. The maximum Gasteiger partial charge on any atom is 0.241 e. The van der Waals surface area contributed by atoms with Crippen molar-refractivity contribution < 1.29 is 14.0 Å². The van der Waals surface area contributed by atoms with Crippen molar-refractivity contribution in [2.45, 2.75) is 25.4 Å². The first-order chi connectivity index (χ1) is 11.3. The zero-order chi connectivity index (χ0) is 15.6. The van der Waals surface area contributed by atoms with E-state index in [1.807, 2.05) is 25.2 Å². The Morgan fingerprint density at radius 3 is 3.13 bits per heavy atom. The summed E-state index contributed by atoms with van der Waals surface area (Å²) in [4.78, 5) is 6.86. The van der Waals surface area contributed by atoms with Crippen LogP contribution in [0, 0.1) is 0 Å². The third kappa shape index (κ3) is 3.02. The normalized spacial score (nSPS) is 20.8. The molecular weight excluding hydrogens is 296 g/mol. The number of benzene rings is 1. The van der Waals surface area contributed by atoms with E-state index in [4.69, 9.17) is 14.0 Å². The largest absolute Gasteiger partial charge is 0.454 e. The van der Waals surface area contributed by atoms with E-state index in [2.05, 4.69) is 20.4 Å². The first kappa shape index (κ1) is 14.5. The highest BCUT2D eigenvalue weighted by molar-refractivity contribution is 5.61. The quantitative estimate of drug-likeness (QED) is 0.919. The van der Waals surface area contributed by atoms with Crippen molar-refractivity contribution in [3.63, 3.8) is 0 Å². The minimum atomic E-state index is 0.262. The van der Waals surface area contributed by atoms with Gasteiger partial charge in [-0.1, -0.05) is 5.16 Å². The van der Waals surface area contributed by atoms with Crippen LogP contribution in [0.1, 0.15) is 18.7 Å². The molecule has 1 unspecified atom stereocenters. The lowest BCUT2D eigenvalue weighted by Gasteiger charge is -2.31. The summed E-state index contributed by atoms with van der Waals surface area (Å²) in [5.74, 6) is 2.71. The van der Waals surface area contributed by atoms with Gasteiger partial charge in [-0.3, -0.25) is 4.90 Å². The molecule has 1 aromatic carbocycles. The van der Waals surface area contributed by atoms with Crippen molar-refractivity contribution in [2.24, 2.45) is 0 Å². The Labute approximate surface area is 134 Å². The van der Waals surface area contributed by atoms with Crippen LogP contribution in [0.4, 0.5) is 0 Å². The Bertz CT molecular complexity index is 688. The van der Waals surface area contributed by atoms with Gasteiger partial charge < -0.3 is 19.3 Å². The highest BCUT2D eigenvalue weighted by Gasteiger charge is 2.21. The molecule has 1 atom stereocenters. The molecular formula is C16H20N4O3. The van der Waals surface area contributed by atoms with Gasteiger partial charge in [0.15, 0.2) is 11.5 Å². The van der Waals surface area contributed by atoms with Gasteiger partial charge in [0.1, 0.15) is 0 Å². The molecule has 2 aliphatic rings. The van der Waals surface area contributed by atoms with E-state index in [1.54, 1.807) is 0 Å². The maximum absolute atomic E-state index is 5.41. The van der Waals surface area contributed by atoms with Gasteiger partial charge >= 0.3 is 0 Å². The van der Waals surface area contributed by atoms with E-state index < -0.39 is 0 Å². The van der Waals surface area contributed by atoms with Gasteiger partial charge in [0.05, 0.1) is 6.54 Å². The lowest BCUT2D eigenvalue weighted by molar-refractivity contribution is 0.167. The lowest BCUT2D eigenvalue weighted by Crippen LogP contribution is -2.43. The van der Waals surface area contributed by atoms with Crippen LogP contribution in [0.15, 0.2) is 22.7 Å². The van der Waals surface area contributed by atoms with Crippen LogP contribution in [-0.2, 0) is 6.54 Å². The summed E-state index contributed by atoms with van der Waals surface area (Å²) in [6.45, 7) is 3.03. The molecule has 23 heavy (non-hydrogen) atoms. The Kier molecular flexibility index (Phi) is 3.88. The average molecular weight is 316 g/mol. The number of hydrogen-bond acceptors (Lipinski definition) is 7. The van der Waals surface area contributed by atoms with Gasteiger partial charge in [-0.05, 0) is 44.6 Å². The van der Waals surface area contributed by atoms with Crippen LogP contribution in [0.25, 0.3) is 11.4 Å². The van der Waals surface area contributed by atoms with Gasteiger partial charge in [0.25, 0.3) is 0 Å². The maximum atomic E-state index is 5.41. The fourth-order valence-electron chi connectivity index (χ4n) is 3.10. The number of fused-ring (bicyclic) bond motifs is 1. The zero-order valence-electron chi connectivity index (χ0n) is 13.1. The monoisotopic (exact) mass is 316 g/mol. The molecule has 0 bridgehead atoms. The number of nitrogens with zero attached hydrogens (tertiary/aromatic N) is 3. The fourth-order valence-corrected chi connectivity index (χ4v) is 3.10. The topological polar surface area (TPSA) is 72.7 Å². The van der Waals surface area contributed by atoms with Crippen LogP contribution in [0.3, 0.4) is 0 Å². The van der Waals surface area contributed by atoms with Gasteiger partial charge in [-0.2, -0.15) is 4.98 Å². The molecule has 4 rings (SSSR count). The predicted octanol–water partition coefficient (Wildman–Crippen LogP) is 1.65. The molecule has 7 heteroatoms. The number of likely N-dealkylation sites (N-methyl/N-ethyl adjacent to an activating group) is 1. The molecule has 0 saturated carbocycles. The smallest absolute Gasteiger partial charge is 0.241 e. The summed E-state index contributed by atoms with van der Waals surface area (Å²) in [7, 11) is 2.01. The van der Waals surface area contributed by atoms with E-state index in [0.29, 0.717) is 24.3 Å². The van der Waals surface area contributed by atoms with Crippen LogP contribution in [0.5, 0.6) is 11.5 Å². The molecule has 0 aliphatic carbocycles. The predicted molar refractivity (Wildman–Crippen MR) is 83.2 cm³/mol. The zero-order valence-corrected chi connectivity index (χ0v) is 13.1. The van der Waals surface area contributed by atoms with E-state index >= 15 is 0 Å². The first-order valence-corrected chi connectivity index (χ1v) is 7.94. The molecule has 1 aromatic heterocycles. The van der Waals surface area contributed by atoms with E-state index in [-0.39, 0.29) is 6.79 Å². The van der Waals surface area contributed by atoms with Crippen molar-refractivity contribution in [3.05, 3.63) is 24.1 Å². The Morgan fingerprint density at radius 1 is 1.30 bits per heavy atom. The second kappa shape index (κ2) is 6.17. The van der Waals surface area contributed by atoms with Crippen LogP contribution in [0.2, 0.25) is 0 Å². The molecule has 1 fully saturated rings. The van der Waals surface area contributed by atoms with Crippen molar-refractivity contribution in [2.75, 3.05) is 26.9 Å². The van der Waals surface area contributed by atoms with Gasteiger partial charge in [-0.15, -0.1) is 0 Å². The molecule has 122 valence electrons. The van der Waals surface area contributed by atoms with E-state index in [1.165, 1.54) is 12.8 Å². The van der Waals surface area contributed by atoms with Crippen LogP contribution in [-0.4, -0.2) is 48.0 Å². The molecule has 1 N–H and O–H groups in total. The number of aromatic nitrogens is 2. The molecule has 1 saturated heterocycles. The van der Waals surface area contributed by atoms with Crippen molar-refractivity contribution >= 4 is 0 Å². The van der Waals surface area contributed by atoms with Gasteiger partial charge in [0, 0.05) is 18.2 Å². The molecule has 0 spiro atoms. The third-order valence-corrected chi connectivity index (χ3v) is 4.37. The number of nitrogens with one attached hydrogen (secondary N) is 1. The number of piperidine rings is 1. The van der Waals surface area contributed by atoms with Gasteiger partial charge in [0.2, 0.25) is 18.5 Å². The lowest BCUT2D eigenvalue weighted by atomic mass is 10.1. The molecule has 2 aliphatic heterocycles. The van der Waals surface area contributed by atoms with Gasteiger partial charge in [-0.25, -0.2) is 0 Å². The summed E-state index contributed by atoms with van der Waals surface area (Å²) >= 11 is 0. The molecule has 2 aromatic rings. The highest BCUT2D eigenvalue weighted by Crippen LogP contribution is 2.35. The molecule has 0 radical (unpaired) electrons. The first-order valence-electron chi connectivity index (χ1n) is 7.94. The summed E-state index contributed by atoms with van der Waals surface area (Å²) in [5, 5.41) is 7.43. The number of rotatable bonds is 4. The van der Waals surface area contributed by atoms with Crippen LogP contribution >= 0.6 is 0 Å². The Hall–Kier alpha value is -2.12. The summed E-state index contributed by atoms with van der Waals surface area (Å²) in [6, 6.07) is 6.21. The highest BCUT2D eigenvalue weighted by atomic mass is 16.7. The molecule has 7 nitrogen and oxygen atoms in total. The Balaban J connectivity index is 1.46.